The summed E-state index contributed by atoms with van der Waals surface area (Å²) < 4.78 is 25.0. The van der Waals surface area contributed by atoms with Crippen LogP contribution in [0.2, 0.25) is 0 Å². The van der Waals surface area contributed by atoms with Crippen molar-refractivity contribution in [3.8, 4) is 0 Å². The van der Waals surface area contributed by atoms with E-state index in [2.05, 4.69) is 15.5 Å². The van der Waals surface area contributed by atoms with Gasteiger partial charge in [0.05, 0.1) is 11.7 Å². The first-order chi connectivity index (χ1) is 9.03. The Bertz CT molecular complexity index is 529. The molecule has 106 valence electrons. The number of nitrogens with zero attached hydrogens (tertiary/aromatic N) is 3. The van der Waals surface area contributed by atoms with E-state index in [-0.39, 0.29) is 24.1 Å². The van der Waals surface area contributed by atoms with E-state index in [0.29, 0.717) is 24.5 Å². The van der Waals surface area contributed by atoms with Gasteiger partial charge in [0.25, 0.3) is 0 Å². The smallest absolute Gasteiger partial charge is 0.230 e. The number of amides is 1. The van der Waals surface area contributed by atoms with Gasteiger partial charge in [0.15, 0.2) is 0 Å². The Morgan fingerprint density at radius 3 is 3.05 bits per heavy atom. The number of sulfonamides is 1. The summed E-state index contributed by atoms with van der Waals surface area (Å²) in [6, 6.07) is 0. The largest absolute Gasteiger partial charge is 0.300 e. The van der Waals surface area contributed by atoms with Gasteiger partial charge in [-0.3, -0.25) is 4.79 Å². The highest BCUT2D eigenvalue weighted by atomic mass is 32.2. The number of anilines is 1. The molecule has 1 fully saturated rings. The lowest BCUT2D eigenvalue weighted by molar-refractivity contribution is -0.120. The Balaban J connectivity index is 1.99. The first-order valence-corrected chi connectivity index (χ1v) is 8.56. The van der Waals surface area contributed by atoms with Crippen LogP contribution in [0.15, 0.2) is 5.51 Å². The number of rotatable bonds is 4. The maximum absolute atomic E-state index is 12.0. The number of piperidine rings is 1. The highest BCUT2D eigenvalue weighted by Gasteiger charge is 2.31. The molecule has 2 rings (SSSR count). The van der Waals surface area contributed by atoms with E-state index < -0.39 is 10.0 Å². The average molecular weight is 304 g/mol. The lowest BCUT2D eigenvalue weighted by Crippen LogP contribution is -2.44. The van der Waals surface area contributed by atoms with Crippen LogP contribution in [0.1, 0.15) is 19.8 Å². The molecule has 9 heteroatoms. The van der Waals surface area contributed by atoms with Gasteiger partial charge < -0.3 is 5.32 Å². The standard InChI is InChI=1S/C10H16N4O3S2/c1-2-19(16,17)14-5-3-4-8(6-14)9(15)12-10-13-11-7-18-10/h7-8H,2-6H2,1H3,(H,12,13,15)/t8-/m1/s1. The van der Waals surface area contributed by atoms with Crippen molar-refractivity contribution in [1.82, 2.24) is 14.5 Å². The second-order valence-corrected chi connectivity index (χ2v) is 7.42. The lowest BCUT2D eigenvalue weighted by Gasteiger charge is -2.30. The van der Waals surface area contributed by atoms with Crippen LogP contribution in [-0.2, 0) is 14.8 Å². The summed E-state index contributed by atoms with van der Waals surface area (Å²) in [5.41, 5.74) is 1.53. The van der Waals surface area contributed by atoms with Gasteiger partial charge in [-0.2, -0.15) is 0 Å². The van der Waals surface area contributed by atoms with Gasteiger partial charge in [-0.15, -0.1) is 10.2 Å². The third-order valence-corrected chi connectivity index (χ3v) is 5.56. The first kappa shape index (κ1) is 14.4. The molecule has 1 atom stereocenters. The van der Waals surface area contributed by atoms with Crippen LogP contribution in [0, 0.1) is 5.92 Å². The third kappa shape index (κ3) is 3.48. The van der Waals surface area contributed by atoms with E-state index in [1.165, 1.54) is 21.2 Å². The molecule has 0 radical (unpaired) electrons. The lowest BCUT2D eigenvalue weighted by atomic mass is 9.99. The molecular formula is C10H16N4O3S2. The minimum absolute atomic E-state index is 0.0672. The third-order valence-electron chi connectivity index (χ3n) is 3.10. The van der Waals surface area contributed by atoms with Crippen LogP contribution in [-0.4, -0.2) is 47.7 Å². The minimum atomic E-state index is -3.22. The van der Waals surface area contributed by atoms with Gasteiger partial charge in [-0.05, 0) is 19.8 Å². The maximum Gasteiger partial charge on any atom is 0.230 e. The van der Waals surface area contributed by atoms with Crippen molar-refractivity contribution in [3.63, 3.8) is 0 Å². The summed E-state index contributed by atoms with van der Waals surface area (Å²) in [5, 5.41) is 10.5. The maximum atomic E-state index is 12.0. The van der Waals surface area contributed by atoms with Gasteiger partial charge in [0.2, 0.25) is 21.1 Å². The van der Waals surface area contributed by atoms with E-state index in [1.54, 1.807) is 6.92 Å². The summed E-state index contributed by atoms with van der Waals surface area (Å²) in [7, 11) is -3.22. The molecule has 0 saturated carbocycles. The Morgan fingerprint density at radius 2 is 2.42 bits per heavy atom. The van der Waals surface area contributed by atoms with Crippen molar-refractivity contribution in [3.05, 3.63) is 5.51 Å². The molecular weight excluding hydrogens is 288 g/mol. The first-order valence-electron chi connectivity index (χ1n) is 6.08. The molecule has 0 aliphatic carbocycles. The molecule has 7 nitrogen and oxygen atoms in total. The number of aromatic nitrogens is 2. The fraction of sp³-hybridized carbons (Fsp3) is 0.700. The van der Waals surface area contributed by atoms with Crippen LogP contribution in [0.25, 0.3) is 0 Å². The predicted molar refractivity (Wildman–Crippen MR) is 72.3 cm³/mol. The summed E-state index contributed by atoms with van der Waals surface area (Å²) >= 11 is 1.24. The monoisotopic (exact) mass is 304 g/mol. The number of hydrogen-bond donors (Lipinski definition) is 1. The van der Waals surface area contributed by atoms with Gasteiger partial charge in [-0.25, -0.2) is 12.7 Å². The predicted octanol–water partition coefficient (Wildman–Crippen LogP) is 0.538. The quantitative estimate of drug-likeness (QED) is 0.876. The molecule has 1 aromatic heterocycles. The van der Waals surface area contributed by atoms with Crippen molar-refractivity contribution in [1.29, 1.82) is 0 Å². The number of hydrogen-bond acceptors (Lipinski definition) is 6. The van der Waals surface area contributed by atoms with Gasteiger partial charge in [-0.1, -0.05) is 11.3 Å². The van der Waals surface area contributed by atoms with Gasteiger partial charge in [0.1, 0.15) is 5.51 Å². The van der Waals surface area contributed by atoms with E-state index in [0.717, 1.165) is 0 Å². The average Bonchev–Trinajstić information content (AvgIpc) is 2.91. The van der Waals surface area contributed by atoms with E-state index >= 15 is 0 Å². The van der Waals surface area contributed by atoms with Crippen molar-refractivity contribution >= 4 is 32.4 Å². The Kier molecular flexibility index (Phi) is 4.48. The molecule has 0 unspecified atom stereocenters. The second kappa shape index (κ2) is 5.93. The molecule has 1 N–H and O–H groups in total. The fourth-order valence-corrected chi connectivity index (χ4v) is 3.65. The number of nitrogens with one attached hydrogen (secondary N) is 1. The zero-order valence-corrected chi connectivity index (χ0v) is 12.2. The SMILES string of the molecule is CCS(=O)(=O)N1CCC[C@@H](C(=O)Nc2nncs2)C1. The summed E-state index contributed by atoms with van der Waals surface area (Å²) in [5.74, 6) is -0.440. The highest BCUT2D eigenvalue weighted by molar-refractivity contribution is 7.89. The molecule has 1 aliphatic rings. The molecule has 0 bridgehead atoms. The van der Waals surface area contributed by atoms with Crippen LogP contribution in [0.3, 0.4) is 0 Å². The molecule has 0 spiro atoms. The molecule has 1 aliphatic heterocycles. The highest BCUT2D eigenvalue weighted by Crippen LogP contribution is 2.21. The Morgan fingerprint density at radius 1 is 1.63 bits per heavy atom. The van der Waals surface area contributed by atoms with Crippen molar-refractivity contribution in [2.45, 2.75) is 19.8 Å². The molecule has 2 heterocycles. The van der Waals surface area contributed by atoms with Gasteiger partial charge in [0, 0.05) is 13.1 Å². The molecule has 1 aromatic rings. The fourth-order valence-electron chi connectivity index (χ4n) is 2.03. The zero-order chi connectivity index (χ0) is 13.9. The normalized spacial score (nSPS) is 21.2. The summed E-state index contributed by atoms with van der Waals surface area (Å²) in [6.45, 7) is 2.36. The summed E-state index contributed by atoms with van der Waals surface area (Å²) in [4.78, 5) is 12.0. The van der Waals surface area contributed by atoms with Crippen molar-refractivity contribution in [2.75, 3.05) is 24.2 Å². The van der Waals surface area contributed by atoms with Crippen LogP contribution >= 0.6 is 11.3 Å². The Hall–Kier alpha value is -1.06. The van der Waals surface area contributed by atoms with Crippen LogP contribution in [0.4, 0.5) is 5.13 Å². The zero-order valence-electron chi connectivity index (χ0n) is 10.6. The van der Waals surface area contributed by atoms with Crippen LogP contribution < -0.4 is 5.32 Å². The number of carbonyl (C=O) groups excluding carboxylic acids is 1. The molecule has 1 amide bonds. The molecule has 0 aromatic carbocycles. The van der Waals surface area contributed by atoms with Gasteiger partial charge >= 0.3 is 0 Å². The van der Waals surface area contributed by atoms with E-state index in [9.17, 15) is 13.2 Å². The number of carbonyl (C=O) groups is 1. The Labute approximate surface area is 116 Å². The minimum Gasteiger partial charge on any atom is -0.300 e. The van der Waals surface area contributed by atoms with E-state index in [1.807, 2.05) is 0 Å². The van der Waals surface area contributed by atoms with E-state index in [4.69, 9.17) is 0 Å². The summed E-state index contributed by atoms with van der Waals surface area (Å²) in [6.07, 6.45) is 1.40. The van der Waals surface area contributed by atoms with Crippen molar-refractivity contribution < 1.29 is 13.2 Å². The van der Waals surface area contributed by atoms with Crippen LogP contribution in [0.5, 0.6) is 0 Å². The van der Waals surface area contributed by atoms with Crippen molar-refractivity contribution in [2.24, 2.45) is 5.92 Å². The molecule has 19 heavy (non-hydrogen) atoms. The topological polar surface area (TPSA) is 92.3 Å². The molecule has 1 saturated heterocycles. The second-order valence-electron chi connectivity index (χ2n) is 4.33.